The zero-order valence-electron chi connectivity index (χ0n) is 10.5. The lowest BCUT2D eigenvalue weighted by atomic mass is 10.3. The lowest BCUT2D eigenvalue weighted by Gasteiger charge is -2.16. The largest absolute Gasteiger partial charge is 0.497 e. The number of rotatable bonds is 4. The molecule has 0 radical (unpaired) electrons. The maximum absolute atomic E-state index is 12.1. The van der Waals surface area contributed by atoms with Gasteiger partial charge in [0.05, 0.1) is 12.8 Å². The molecule has 96 valence electrons. The number of hydrogen-bond acceptors (Lipinski definition) is 3. The molecular formula is C13H16N2O3. The highest BCUT2D eigenvalue weighted by atomic mass is 16.5. The highest BCUT2D eigenvalue weighted by molar-refractivity contribution is 6.19. The molecule has 0 unspecified atom stereocenters. The van der Waals surface area contributed by atoms with Crippen LogP contribution in [-0.4, -0.2) is 37.0 Å². The summed E-state index contributed by atoms with van der Waals surface area (Å²) < 4.78 is 5.10. The van der Waals surface area contributed by atoms with E-state index in [9.17, 15) is 9.59 Å². The molecule has 0 N–H and O–H groups in total. The summed E-state index contributed by atoms with van der Waals surface area (Å²) in [6, 6.07) is 6.70. The van der Waals surface area contributed by atoms with E-state index in [0.717, 1.165) is 6.42 Å². The molecule has 0 atom stereocenters. The molecule has 1 aromatic rings. The van der Waals surface area contributed by atoms with Crippen molar-refractivity contribution in [3.63, 3.8) is 0 Å². The first-order valence-electron chi connectivity index (χ1n) is 5.93. The fourth-order valence-corrected chi connectivity index (χ4v) is 2.00. The Morgan fingerprint density at radius 1 is 1.33 bits per heavy atom. The van der Waals surface area contributed by atoms with Gasteiger partial charge in [0.15, 0.2) is 0 Å². The first-order chi connectivity index (χ1) is 8.67. The van der Waals surface area contributed by atoms with E-state index in [0.29, 0.717) is 18.0 Å². The highest BCUT2D eigenvalue weighted by Gasteiger charge is 2.36. The first-order valence-corrected chi connectivity index (χ1v) is 5.93. The average Bonchev–Trinajstić information content (AvgIpc) is 2.65. The van der Waals surface area contributed by atoms with Crippen LogP contribution in [0.2, 0.25) is 0 Å². The van der Waals surface area contributed by atoms with E-state index in [1.54, 1.807) is 36.3 Å². The molecule has 18 heavy (non-hydrogen) atoms. The number of carbonyl (C=O) groups excluding carboxylic acids is 2. The van der Waals surface area contributed by atoms with Crippen molar-refractivity contribution in [2.45, 2.75) is 13.3 Å². The molecule has 1 aliphatic rings. The quantitative estimate of drug-likeness (QED) is 0.764. The summed E-state index contributed by atoms with van der Waals surface area (Å²) in [5, 5.41) is 0. The second kappa shape index (κ2) is 5.08. The van der Waals surface area contributed by atoms with E-state index in [2.05, 4.69) is 0 Å². The van der Waals surface area contributed by atoms with Crippen molar-refractivity contribution < 1.29 is 14.3 Å². The Bertz CT molecular complexity index is 473. The summed E-state index contributed by atoms with van der Waals surface area (Å²) in [5.41, 5.74) is 0.558. The van der Waals surface area contributed by atoms with Gasteiger partial charge in [-0.1, -0.05) is 13.0 Å². The van der Waals surface area contributed by atoms with Crippen molar-refractivity contribution in [3.8, 4) is 5.75 Å². The number of nitrogens with zero attached hydrogens (tertiary/aromatic N) is 2. The van der Waals surface area contributed by atoms with Crippen molar-refractivity contribution in [1.29, 1.82) is 0 Å². The number of urea groups is 1. The van der Waals surface area contributed by atoms with Gasteiger partial charge in [-0.2, -0.15) is 0 Å². The number of amides is 3. The summed E-state index contributed by atoms with van der Waals surface area (Å²) in [5.74, 6) is 0.434. The molecule has 1 aromatic carbocycles. The minimum atomic E-state index is -0.255. The van der Waals surface area contributed by atoms with Crippen LogP contribution in [0.15, 0.2) is 24.3 Å². The number of anilines is 1. The van der Waals surface area contributed by atoms with Crippen LogP contribution in [0.25, 0.3) is 0 Å². The highest BCUT2D eigenvalue weighted by Crippen LogP contribution is 2.25. The number of ether oxygens (including phenoxy) is 1. The Morgan fingerprint density at radius 2 is 2.11 bits per heavy atom. The molecule has 1 fully saturated rings. The molecule has 5 nitrogen and oxygen atoms in total. The summed E-state index contributed by atoms with van der Waals surface area (Å²) >= 11 is 0. The lowest BCUT2D eigenvalue weighted by molar-refractivity contribution is -0.116. The predicted octanol–water partition coefficient (Wildman–Crippen LogP) is 1.87. The minimum absolute atomic E-state index is 0.157. The fourth-order valence-electron chi connectivity index (χ4n) is 2.00. The molecule has 1 aliphatic heterocycles. The van der Waals surface area contributed by atoms with Crippen LogP contribution in [-0.2, 0) is 4.79 Å². The van der Waals surface area contributed by atoms with Gasteiger partial charge in [-0.25, -0.2) is 9.69 Å². The van der Waals surface area contributed by atoms with Crippen molar-refractivity contribution in [1.82, 2.24) is 4.90 Å². The molecule has 0 aromatic heterocycles. The monoisotopic (exact) mass is 248 g/mol. The van der Waals surface area contributed by atoms with E-state index in [-0.39, 0.29) is 18.5 Å². The van der Waals surface area contributed by atoms with Crippen LogP contribution < -0.4 is 9.64 Å². The topological polar surface area (TPSA) is 49.9 Å². The van der Waals surface area contributed by atoms with Crippen LogP contribution >= 0.6 is 0 Å². The third-order valence-corrected chi connectivity index (χ3v) is 2.84. The van der Waals surface area contributed by atoms with E-state index >= 15 is 0 Å². The van der Waals surface area contributed by atoms with Gasteiger partial charge >= 0.3 is 6.03 Å². The minimum Gasteiger partial charge on any atom is -0.497 e. The maximum Gasteiger partial charge on any atom is 0.331 e. The molecule has 0 bridgehead atoms. The summed E-state index contributed by atoms with van der Waals surface area (Å²) in [7, 11) is 1.55. The lowest BCUT2D eigenvalue weighted by Crippen LogP contribution is -2.33. The maximum atomic E-state index is 12.1. The molecule has 3 amide bonds. The summed E-state index contributed by atoms with van der Waals surface area (Å²) in [6.07, 6.45) is 0.838. The summed E-state index contributed by atoms with van der Waals surface area (Å²) in [4.78, 5) is 26.8. The van der Waals surface area contributed by atoms with Gasteiger partial charge < -0.3 is 9.64 Å². The van der Waals surface area contributed by atoms with Gasteiger partial charge in [-0.15, -0.1) is 0 Å². The Balaban J connectivity index is 2.27. The molecule has 1 saturated heterocycles. The summed E-state index contributed by atoms with van der Waals surface area (Å²) in [6.45, 7) is 2.74. The Morgan fingerprint density at radius 3 is 2.78 bits per heavy atom. The van der Waals surface area contributed by atoms with Crippen LogP contribution in [0.1, 0.15) is 13.3 Å². The van der Waals surface area contributed by atoms with Gasteiger partial charge in [0.1, 0.15) is 12.3 Å². The second-order valence-electron chi connectivity index (χ2n) is 4.13. The van der Waals surface area contributed by atoms with Gasteiger partial charge in [-0.05, 0) is 18.6 Å². The van der Waals surface area contributed by atoms with Gasteiger partial charge in [0.25, 0.3) is 5.91 Å². The third kappa shape index (κ3) is 2.16. The van der Waals surface area contributed by atoms with Gasteiger partial charge in [0.2, 0.25) is 0 Å². The van der Waals surface area contributed by atoms with E-state index in [4.69, 9.17) is 4.74 Å². The standard InChI is InChI=1S/C13H16N2O3/c1-3-7-14-9-12(16)15(13(14)17)10-5-4-6-11(8-10)18-2/h4-6,8H,3,7,9H2,1-2H3. The SMILES string of the molecule is CCCN1CC(=O)N(c2cccc(OC)c2)C1=O. The van der Waals surface area contributed by atoms with Crippen molar-refractivity contribution in [2.75, 3.05) is 25.1 Å². The van der Waals surface area contributed by atoms with Crippen molar-refractivity contribution >= 4 is 17.6 Å². The Kier molecular flexibility index (Phi) is 3.50. The Labute approximate surface area is 106 Å². The Hall–Kier alpha value is -2.04. The zero-order valence-corrected chi connectivity index (χ0v) is 10.5. The van der Waals surface area contributed by atoms with E-state index in [1.165, 1.54) is 4.90 Å². The van der Waals surface area contributed by atoms with Crippen molar-refractivity contribution in [3.05, 3.63) is 24.3 Å². The van der Waals surface area contributed by atoms with E-state index in [1.807, 2.05) is 6.92 Å². The molecular weight excluding hydrogens is 232 g/mol. The number of benzene rings is 1. The van der Waals surface area contributed by atoms with Crippen LogP contribution in [0.5, 0.6) is 5.75 Å². The molecule has 0 spiro atoms. The second-order valence-corrected chi connectivity index (χ2v) is 4.13. The number of imide groups is 1. The van der Waals surface area contributed by atoms with Crippen molar-refractivity contribution in [2.24, 2.45) is 0 Å². The zero-order chi connectivity index (χ0) is 13.1. The van der Waals surface area contributed by atoms with Crippen LogP contribution in [0, 0.1) is 0 Å². The predicted molar refractivity (Wildman–Crippen MR) is 67.7 cm³/mol. The molecule has 1 heterocycles. The average molecular weight is 248 g/mol. The van der Waals surface area contributed by atoms with Gasteiger partial charge in [-0.3, -0.25) is 4.79 Å². The van der Waals surface area contributed by atoms with Crippen LogP contribution in [0.4, 0.5) is 10.5 Å². The van der Waals surface area contributed by atoms with Gasteiger partial charge in [0, 0.05) is 12.6 Å². The van der Waals surface area contributed by atoms with E-state index < -0.39 is 0 Å². The number of carbonyl (C=O) groups is 2. The smallest absolute Gasteiger partial charge is 0.331 e. The number of hydrogen-bond donors (Lipinski definition) is 0. The van der Waals surface area contributed by atoms with Crippen LogP contribution in [0.3, 0.4) is 0 Å². The number of methoxy groups -OCH3 is 1. The molecule has 5 heteroatoms. The first kappa shape index (κ1) is 12.4. The normalized spacial score (nSPS) is 15.4. The molecule has 0 saturated carbocycles. The molecule has 2 rings (SSSR count). The molecule has 0 aliphatic carbocycles. The fraction of sp³-hybridized carbons (Fsp3) is 0.385. The third-order valence-electron chi connectivity index (χ3n) is 2.84.